The SMILES string of the molecule is COc1ccc(F)c(C2CCC(CCl)CC2)c1. The van der Waals surface area contributed by atoms with E-state index in [0.29, 0.717) is 11.8 Å². The Morgan fingerprint density at radius 1 is 1.29 bits per heavy atom. The first-order valence-corrected chi connectivity index (χ1v) is 6.67. The molecular formula is C14H18ClFO. The molecule has 94 valence electrons. The lowest BCUT2D eigenvalue weighted by Crippen LogP contribution is -2.15. The Morgan fingerprint density at radius 2 is 2.00 bits per heavy atom. The van der Waals surface area contributed by atoms with E-state index in [1.165, 1.54) is 6.07 Å². The van der Waals surface area contributed by atoms with Gasteiger partial charge in [-0.2, -0.15) is 0 Å². The van der Waals surface area contributed by atoms with Gasteiger partial charge in [-0.15, -0.1) is 11.6 Å². The van der Waals surface area contributed by atoms with Gasteiger partial charge in [-0.25, -0.2) is 4.39 Å². The first-order chi connectivity index (χ1) is 8.24. The molecule has 0 radical (unpaired) electrons. The van der Waals surface area contributed by atoms with Crippen LogP contribution in [0.5, 0.6) is 5.75 Å². The van der Waals surface area contributed by atoms with E-state index in [1.807, 2.05) is 6.07 Å². The number of benzene rings is 1. The van der Waals surface area contributed by atoms with E-state index < -0.39 is 0 Å². The highest BCUT2D eigenvalue weighted by Crippen LogP contribution is 2.38. The molecule has 0 atom stereocenters. The van der Waals surface area contributed by atoms with E-state index >= 15 is 0 Å². The molecule has 0 aliphatic heterocycles. The topological polar surface area (TPSA) is 9.23 Å². The number of ether oxygens (including phenoxy) is 1. The van der Waals surface area contributed by atoms with Crippen molar-refractivity contribution < 1.29 is 9.13 Å². The van der Waals surface area contributed by atoms with Gasteiger partial charge in [-0.05, 0) is 61.3 Å². The molecule has 1 aliphatic rings. The average Bonchev–Trinajstić information content (AvgIpc) is 2.39. The molecule has 0 saturated heterocycles. The fraction of sp³-hybridized carbons (Fsp3) is 0.571. The Labute approximate surface area is 107 Å². The fourth-order valence-corrected chi connectivity index (χ4v) is 2.90. The van der Waals surface area contributed by atoms with Crippen molar-refractivity contribution in [3.8, 4) is 5.75 Å². The summed E-state index contributed by atoms with van der Waals surface area (Å²) >= 11 is 5.86. The molecule has 0 bridgehead atoms. The number of rotatable bonds is 3. The van der Waals surface area contributed by atoms with E-state index in [2.05, 4.69) is 0 Å². The highest BCUT2D eigenvalue weighted by Gasteiger charge is 2.24. The van der Waals surface area contributed by atoms with Gasteiger partial charge >= 0.3 is 0 Å². The molecule has 17 heavy (non-hydrogen) atoms. The summed E-state index contributed by atoms with van der Waals surface area (Å²) in [5.41, 5.74) is 0.803. The highest BCUT2D eigenvalue weighted by molar-refractivity contribution is 6.18. The predicted molar refractivity (Wildman–Crippen MR) is 68.4 cm³/mol. The largest absolute Gasteiger partial charge is 0.497 e. The molecule has 1 aromatic carbocycles. The van der Waals surface area contributed by atoms with Gasteiger partial charge in [-0.1, -0.05) is 0 Å². The summed E-state index contributed by atoms with van der Waals surface area (Å²) in [7, 11) is 1.61. The van der Waals surface area contributed by atoms with Crippen molar-refractivity contribution in [1.29, 1.82) is 0 Å². The molecule has 0 spiro atoms. The second-order valence-electron chi connectivity index (χ2n) is 4.76. The van der Waals surface area contributed by atoms with Gasteiger partial charge in [0.2, 0.25) is 0 Å². The van der Waals surface area contributed by atoms with Crippen LogP contribution in [-0.4, -0.2) is 13.0 Å². The molecular weight excluding hydrogens is 239 g/mol. The third-order valence-electron chi connectivity index (χ3n) is 3.71. The van der Waals surface area contributed by atoms with E-state index in [-0.39, 0.29) is 5.82 Å². The lowest BCUT2D eigenvalue weighted by atomic mass is 9.79. The van der Waals surface area contributed by atoms with Crippen LogP contribution in [0.15, 0.2) is 18.2 Å². The maximum absolute atomic E-state index is 13.8. The lowest BCUT2D eigenvalue weighted by Gasteiger charge is -2.27. The van der Waals surface area contributed by atoms with Gasteiger partial charge in [0.05, 0.1) is 7.11 Å². The van der Waals surface area contributed by atoms with E-state index in [9.17, 15) is 4.39 Å². The molecule has 0 amide bonds. The maximum atomic E-state index is 13.8. The van der Waals surface area contributed by atoms with Crippen LogP contribution >= 0.6 is 11.6 Å². The van der Waals surface area contributed by atoms with Crippen molar-refractivity contribution in [3.63, 3.8) is 0 Å². The van der Waals surface area contributed by atoms with Gasteiger partial charge in [0.25, 0.3) is 0 Å². The number of alkyl halides is 1. The number of methoxy groups -OCH3 is 1. The van der Waals surface area contributed by atoms with Crippen LogP contribution < -0.4 is 4.74 Å². The molecule has 3 heteroatoms. The molecule has 1 aromatic rings. The zero-order valence-corrected chi connectivity index (χ0v) is 10.8. The third kappa shape index (κ3) is 2.92. The molecule has 0 unspecified atom stereocenters. The second kappa shape index (κ2) is 5.72. The van der Waals surface area contributed by atoms with Crippen molar-refractivity contribution in [2.75, 3.05) is 13.0 Å². The van der Waals surface area contributed by atoms with Gasteiger partial charge in [0.15, 0.2) is 0 Å². The van der Waals surface area contributed by atoms with Crippen LogP contribution in [0, 0.1) is 11.7 Å². The molecule has 0 aromatic heterocycles. The maximum Gasteiger partial charge on any atom is 0.126 e. The molecule has 1 aliphatic carbocycles. The van der Waals surface area contributed by atoms with Crippen molar-refractivity contribution in [1.82, 2.24) is 0 Å². The van der Waals surface area contributed by atoms with E-state index in [0.717, 1.165) is 42.9 Å². The van der Waals surface area contributed by atoms with E-state index in [4.69, 9.17) is 16.3 Å². The Kier molecular flexibility index (Phi) is 4.27. The van der Waals surface area contributed by atoms with Crippen LogP contribution in [0.2, 0.25) is 0 Å². The van der Waals surface area contributed by atoms with Crippen LogP contribution in [-0.2, 0) is 0 Å². The number of hydrogen-bond donors (Lipinski definition) is 0. The van der Waals surface area contributed by atoms with Crippen molar-refractivity contribution in [3.05, 3.63) is 29.6 Å². The zero-order valence-electron chi connectivity index (χ0n) is 10.1. The molecule has 2 rings (SSSR count). The average molecular weight is 257 g/mol. The van der Waals surface area contributed by atoms with Crippen molar-refractivity contribution in [2.45, 2.75) is 31.6 Å². The highest BCUT2D eigenvalue weighted by atomic mass is 35.5. The summed E-state index contributed by atoms with van der Waals surface area (Å²) in [5.74, 6) is 2.29. The standard InChI is InChI=1S/C14H18ClFO/c1-17-12-6-7-14(16)13(8-12)11-4-2-10(9-15)3-5-11/h6-8,10-11H,2-5,9H2,1H3. The minimum absolute atomic E-state index is 0.111. The predicted octanol–water partition coefficient (Wildman–Crippen LogP) is 4.35. The summed E-state index contributed by atoms with van der Waals surface area (Å²) in [6.45, 7) is 0. The summed E-state index contributed by atoms with van der Waals surface area (Å²) in [5, 5.41) is 0. The Morgan fingerprint density at radius 3 is 2.59 bits per heavy atom. The van der Waals surface area contributed by atoms with Crippen LogP contribution in [0.3, 0.4) is 0 Å². The van der Waals surface area contributed by atoms with Crippen molar-refractivity contribution >= 4 is 11.6 Å². The molecule has 0 N–H and O–H groups in total. The molecule has 1 fully saturated rings. The summed E-state index contributed by atoms with van der Waals surface area (Å²) in [6.07, 6.45) is 4.26. The summed E-state index contributed by atoms with van der Waals surface area (Å²) in [4.78, 5) is 0. The van der Waals surface area contributed by atoms with Crippen LogP contribution in [0.1, 0.15) is 37.2 Å². The fourth-order valence-electron chi connectivity index (χ4n) is 2.59. The monoisotopic (exact) mass is 256 g/mol. The minimum atomic E-state index is -0.111. The van der Waals surface area contributed by atoms with Crippen LogP contribution in [0.25, 0.3) is 0 Å². The zero-order chi connectivity index (χ0) is 12.3. The third-order valence-corrected chi connectivity index (χ3v) is 4.14. The smallest absolute Gasteiger partial charge is 0.126 e. The molecule has 1 saturated carbocycles. The molecule has 0 heterocycles. The number of hydrogen-bond acceptors (Lipinski definition) is 1. The summed E-state index contributed by atoms with van der Waals surface area (Å²) < 4.78 is 18.9. The number of halogens is 2. The van der Waals surface area contributed by atoms with Gasteiger partial charge in [0, 0.05) is 5.88 Å². The van der Waals surface area contributed by atoms with Crippen LogP contribution in [0.4, 0.5) is 4.39 Å². The normalized spacial score (nSPS) is 24.6. The van der Waals surface area contributed by atoms with Crippen molar-refractivity contribution in [2.24, 2.45) is 5.92 Å². The Bertz CT molecular complexity index is 372. The quantitative estimate of drug-likeness (QED) is 0.731. The molecule has 1 nitrogen and oxygen atoms in total. The van der Waals surface area contributed by atoms with Gasteiger partial charge in [0.1, 0.15) is 11.6 Å². The lowest BCUT2D eigenvalue weighted by molar-refractivity contribution is 0.343. The van der Waals surface area contributed by atoms with Gasteiger partial charge in [-0.3, -0.25) is 0 Å². The first kappa shape index (κ1) is 12.7. The van der Waals surface area contributed by atoms with Gasteiger partial charge < -0.3 is 4.74 Å². The summed E-state index contributed by atoms with van der Waals surface area (Å²) in [6, 6.07) is 5.01. The second-order valence-corrected chi connectivity index (χ2v) is 5.07. The minimum Gasteiger partial charge on any atom is -0.497 e. The Balaban J connectivity index is 2.12. The van der Waals surface area contributed by atoms with E-state index in [1.54, 1.807) is 13.2 Å². The first-order valence-electron chi connectivity index (χ1n) is 6.14. The Hall–Kier alpha value is -0.760.